The second kappa shape index (κ2) is 5.05. The van der Waals surface area contributed by atoms with E-state index >= 15 is 0 Å². The van der Waals surface area contributed by atoms with Crippen molar-refractivity contribution < 1.29 is 5.11 Å². The summed E-state index contributed by atoms with van der Waals surface area (Å²) >= 11 is 0. The summed E-state index contributed by atoms with van der Waals surface area (Å²) in [5.41, 5.74) is 5.03. The molecule has 1 saturated carbocycles. The molecule has 0 aromatic carbocycles. The van der Waals surface area contributed by atoms with Gasteiger partial charge in [0.2, 0.25) is 0 Å². The highest BCUT2D eigenvalue weighted by molar-refractivity contribution is 4.98. The van der Waals surface area contributed by atoms with Crippen molar-refractivity contribution in [3.8, 4) is 0 Å². The molecule has 0 heterocycles. The summed E-state index contributed by atoms with van der Waals surface area (Å²) < 4.78 is 0. The van der Waals surface area contributed by atoms with Crippen LogP contribution in [0, 0.1) is 17.3 Å². The number of hydrogen-bond acceptors (Lipinski definition) is 2. The highest BCUT2D eigenvalue weighted by Gasteiger charge is 2.46. The lowest BCUT2D eigenvalue weighted by molar-refractivity contribution is -0.109. The highest BCUT2D eigenvalue weighted by Crippen LogP contribution is 2.44. The van der Waals surface area contributed by atoms with E-state index in [9.17, 15) is 5.11 Å². The second-order valence-corrected chi connectivity index (χ2v) is 6.50. The van der Waals surface area contributed by atoms with Crippen LogP contribution in [0.15, 0.2) is 0 Å². The van der Waals surface area contributed by atoms with Crippen molar-refractivity contribution in [2.24, 2.45) is 23.0 Å². The van der Waals surface area contributed by atoms with Crippen molar-refractivity contribution >= 4 is 0 Å². The molecule has 16 heavy (non-hydrogen) atoms. The average Bonchev–Trinajstić information content (AvgIpc) is 2.26. The first-order valence-electron chi connectivity index (χ1n) is 6.77. The topological polar surface area (TPSA) is 46.2 Å². The standard InChI is InChI=1S/C14H29NO/c1-5-11-6-8-12(9-7-11)14(16,10-15)13(2,3)4/h11-12,16H,5-10,15H2,1-4H3. The van der Waals surface area contributed by atoms with E-state index in [1.54, 1.807) is 0 Å². The first-order chi connectivity index (χ1) is 7.35. The lowest BCUT2D eigenvalue weighted by atomic mass is 9.63. The molecule has 0 bridgehead atoms. The van der Waals surface area contributed by atoms with Crippen LogP contribution in [0.4, 0.5) is 0 Å². The molecule has 96 valence electrons. The Balaban J connectivity index is 2.69. The van der Waals surface area contributed by atoms with Gasteiger partial charge in [0.15, 0.2) is 0 Å². The van der Waals surface area contributed by atoms with Crippen molar-refractivity contribution in [2.45, 2.75) is 65.4 Å². The van der Waals surface area contributed by atoms with Gasteiger partial charge in [-0.25, -0.2) is 0 Å². The van der Waals surface area contributed by atoms with Crippen LogP contribution in [-0.4, -0.2) is 17.3 Å². The largest absolute Gasteiger partial charge is 0.388 e. The molecule has 2 heteroatoms. The summed E-state index contributed by atoms with van der Waals surface area (Å²) in [6.07, 6.45) is 6.09. The molecule has 1 atom stereocenters. The molecule has 0 aliphatic heterocycles. The van der Waals surface area contributed by atoms with E-state index in [1.807, 2.05) is 0 Å². The summed E-state index contributed by atoms with van der Waals surface area (Å²) in [5, 5.41) is 10.8. The molecule has 0 aromatic heterocycles. The summed E-state index contributed by atoms with van der Waals surface area (Å²) in [6, 6.07) is 0. The Morgan fingerprint density at radius 3 is 1.94 bits per heavy atom. The van der Waals surface area contributed by atoms with Gasteiger partial charge in [-0.3, -0.25) is 0 Å². The minimum absolute atomic E-state index is 0.120. The van der Waals surface area contributed by atoms with Crippen LogP contribution in [-0.2, 0) is 0 Å². The summed E-state index contributed by atoms with van der Waals surface area (Å²) in [5.74, 6) is 1.26. The van der Waals surface area contributed by atoms with Crippen molar-refractivity contribution in [3.05, 3.63) is 0 Å². The summed E-state index contributed by atoms with van der Waals surface area (Å²) in [4.78, 5) is 0. The number of rotatable bonds is 3. The molecular weight excluding hydrogens is 198 g/mol. The maximum atomic E-state index is 10.8. The lowest BCUT2D eigenvalue weighted by Crippen LogP contribution is -2.55. The smallest absolute Gasteiger partial charge is 0.0845 e. The Morgan fingerprint density at radius 2 is 1.62 bits per heavy atom. The Labute approximate surface area is 101 Å². The molecule has 0 saturated heterocycles. The van der Waals surface area contributed by atoms with E-state index in [0.717, 1.165) is 18.8 Å². The Bertz CT molecular complexity index is 213. The van der Waals surface area contributed by atoms with Crippen molar-refractivity contribution in [1.29, 1.82) is 0 Å². The zero-order chi connectivity index (χ0) is 12.4. The van der Waals surface area contributed by atoms with Gasteiger partial charge in [0.25, 0.3) is 0 Å². The third-order valence-corrected chi connectivity index (χ3v) is 4.71. The maximum Gasteiger partial charge on any atom is 0.0845 e. The van der Waals surface area contributed by atoms with E-state index in [0.29, 0.717) is 12.5 Å². The molecule has 3 N–H and O–H groups in total. The maximum absolute atomic E-state index is 10.8. The molecule has 0 radical (unpaired) electrons. The van der Waals surface area contributed by atoms with Gasteiger partial charge in [0.1, 0.15) is 0 Å². The van der Waals surface area contributed by atoms with E-state index in [1.165, 1.54) is 19.3 Å². The number of nitrogens with two attached hydrogens (primary N) is 1. The number of hydrogen-bond donors (Lipinski definition) is 2. The molecule has 1 rings (SSSR count). The normalized spacial score (nSPS) is 31.1. The fraction of sp³-hybridized carbons (Fsp3) is 1.00. The fourth-order valence-corrected chi connectivity index (χ4v) is 3.13. The quantitative estimate of drug-likeness (QED) is 0.778. The number of aliphatic hydroxyl groups is 1. The van der Waals surface area contributed by atoms with Crippen LogP contribution in [0.25, 0.3) is 0 Å². The average molecular weight is 227 g/mol. The summed E-state index contributed by atoms with van der Waals surface area (Å²) in [6.45, 7) is 8.96. The van der Waals surface area contributed by atoms with Gasteiger partial charge in [-0.2, -0.15) is 0 Å². The Kier molecular flexibility index (Phi) is 4.42. The second-order valence-electron chi connectivity index (χ2n) is 6.50. The molecule has 0 aromatic rings. The van der Waals surface area contributed by atoms with Gasteiger partial charge in [0.05, 0.1) is 5.60 Å². The van der Waals surface area contributed by atoms with Crippen LogP contribution in [0.5, 0.6) is 0 Å². The lowest BCUT2D eigenvalue weighted by Gasteiger charge is -2.47. The first kappa shape index (κ1) is 14.0. The Morgan fingerprint density at radius 1 is 1.12 bits per heavy atom. The van der Waals surface area contributed by atoms with Crippen LogP contribution < -0.4 is 5.73 Å². The van der Waals surface area contributed by atoms with E-state index in [4.69, 9.17) is 5.73 Å². The van der Waals surface area contributed by atoms with Gasteiger partial charge in [-0.15, -0.1) is 0 Å². The van der Waals surface area contributed by atoms with Crippen LogP contribution in [0.1, 0.15) is 59.8 Å². The van der Waals surface area contributed by atoms with Gasteiger partial charge >= 0.3 is 0 Å². The van der Waals surface area contributed by atoms with Crippen LogP contribution >= 0.6 is 0 Å². The van der Waals surface area contributed by atoms with Gasteiger partial charge < -0.3 is 10.8 Å². The zero-order valence-corrected chi connectivity index (χ0v) is 11.4. The molecule has 2 nitrogen and oxygen atoms in total. The van der Waals surface area contributed by atoms with Gasteiger partial charge in [-0.05, 0) is 30.1 Å². The molecule has 1 unspecified atom stereocenters. The highest BCUT2D eigenvalue weighted by atomic mass is 16.3. The third kappa shape index (κ3) is 2.60. The zero-order valence-electron chi connectivity index (χ0n) is 11.4. The van der Waals surface area contributed by atoms with Gasteiger partial charge in [-0.1, -0.05) is 47.0 Å². The molecule has 0 spiro atoms. The SMILES string of the molecule is CCC1CCC(C(O)(CN)C(C)(C)C)CC1. The molecular formula is C14H29NO. The third-order valence-electron chi connectivity index (χ3n) is 4.71. The first-order valence-corrected chi connectivity index (χ1v) is 6.77. The van der Waals surface area contributed by atoms with Crippen LogP contribution in [0.2, 0.25) is 0 Å². The minimum atomic E-state index is -0.689. The Hall–Kier alpha value is -0.0800. The van der Waals surface area contributed by atoms with E-state index in [-0.39, 0.29) is 5.41 Å². The van der Waals surface area contributed by atoms with Crippen molar-refractivity contribution in [3.63, 3.8) is 0 Å². The van der Waals surface area contributed by atoms with Gasteiger partial charge in [0, 0.05) is 6.54 Å². The minimum Gasteiger partial charge on any atom is -0.388 e. The predicted molar refractivity (Wildman–Crippen MR) is 69.2 cm³/mol. The molecule has 1 aliphatic carbocycles. The molecule has 0 amide bonds. The monoisotopic (exact) mass is 227 g/mol. The van der Waals surface area contributed by atoms with E-state index in [2.05, 4.69) is 27.7 Å². The molecule has 1 fully saturated rings. The van der Waals surface area contributed by atoms with Crippen molar-refractivity contribution in [1.82, 2.24) is 0 Å². The predicted octanol–water partition coefficient (Wildman–Crippen LogP) is 2.94. The fourth-order valence-electron chi connectivity index (χ4n) is 3.13. The van der Waals surface area contributed by atoms with Crippen LogP contribution in [0.3, 0.4) is 0 Å². The summed E-state index contributed by atoms with van der Waals surface area (Å²) in [7, 11) is 0. The molecule has 1 aliphatic rings. The van der Waals surface area contributed by atoms with Crippen molar-refractivity contribution in [2.75, 3.05) is 6.54 Å². The van der Waals surface area contributed by atoms with E-state index < -0.39 is 5.60 Å².